The van der Waals surface area contributed by atoms with Crippen LogP contribution in [0.3, 0.4) is 0 Å². The van der Waals surface area contributed by atoms with Crippen LogP contribution in [0.4, 0.5) is 13.2 Å². The lowest BCUT2D eigenvalue weighted by molar-refractivity contribution is -0.317. The van der Waals surface area contributed by atoms with Crippen molar-refractivity contribution in [3.63, 3.8) is 0 Å². The van der Waals surface area contributed by atoms with E-state index >= 15 is 0 Å². The van der Waals surface area contributed by atoms with Gasteiger partial charge in [0, 0.05) is 0 Å². The summed E-state index contributed by atoms with van der Waals surface area (Å²) < 4.78 is 44.9. The van der Waals surface area contributed by atoms with Crippen LogP contribution in [0.1, 0.15) is 67.2 Å². The molecule has 0 saturated carbocycles. The Kier molecular flexibility index (Phi) is 6.30. The number of esters is 1. The van der Waals surface area contributed by atoms with E-state index in [0.717, 1.165) is 0 Å². The van der Waals surface area contributed by atoms with E-state index in [1.807, 2.05) is 0 Å². The van der Waals surface area contributed by atoms with Crippen LogP contribution in [0.25, 0.3) is 0 Å². The minimum Gasteiger partial charge on any atom is -0.455 e. The summed E-state index contributed by atoms with van der Waals surface area (Å²) in [6, 6.07) is 0. The first-order valence-corrected chi connectivity index (χ1v) is 7.33. The van der Waals surface area contributed by atoms with Crippen molar-refractivity contribution in [2.24, 2.45) is 5.41 Å². The van der Waals surface area contributed by atoms with Gasteiger partial charge in [-0.2, -0.15) is 13.2 Å². The standard InChI is InChI=1S/C15H27F3O3/c1-7-10-14(9-3,13(6,20)15(16,17)18)21-11(19)12(4,5)8-2/h20H,7-10H2,1-6H3. The van der Waals surface area contributed by atoms with Crippen molar-refractivity contribution in [2.45, 2.75) is 84.6 Å². The van der Waals surface area contributed by atoms with Gasteiger partial charge >= 0.3 is 12.1 Å². The molecule has 126 valence electrons. The molecule has 0 aliphatic rings. The first kappa shape index (κ1) is 20.2. The Labute approximate surface area is 124 Å². The van der Waals surface area contributed by atoms with Crippen molar-refractivity contribution >= 4 is 5.97 Å². The summed E-state index contributed by atoms with van der Waals surface area (Å²) in [5, 5.41) is 10.1. The number of halogens is 3. The Morgan fingerprint density at radius 2 is 1.52 bits per heavy atom. The Bertz CT molecular complexity index is 362. The van der Waals surface area contributed by atoms with Gasteiger partial charge in [-0.3, -0.25) is 4.79 Å². The molecular formula is C15H27F3O3. The van der Waals surface area contributed by atoms with E-state index in [9.17, 15) is 23.1 Å². The summed E-state index contributed by atoms with van der Waals surface area (Å²) in [4.78, 5) is 12.2. The highest BCUT2D eigenvalue weighted by atomic mass is 19.4. The molecule has 0 amide bonds. The summed E-state index contributed by atoms with van der Waals surface area (Å²) in [6.07, 6.45) is -4.25. The van der Waals surface area contributed by atoms with Crippen LogP contribution in [0.2, 0.25) is 0 Å². The van der Waals surface area contributed by atoms with E-state index in [4.69, 9.17) is 4.74 Å². The van der Waals surface area contributed by atoms with E-state index in [0.29, 0.717) is 19.8 Å². The molecule has 0 heterocycles. The first-order chi connectivity index (χ1) is 9.31. The fourth-order valence-corrected chi connectivity index (χ4v) is 2.11. The Morgan fingerprint density at radius 3 is 1.81 bits per heavy atom. The maximum atomic E-state index is 13.2. The maximum absolute atomic E-state index is 13.2. The highest BCUT2D eigenvalue weighted by Crippen LogP contribution is 2.45. The van der Waals surface area contributed by atoms with Crippen molar-refractivity contribution in [3.8, 4) is 0 Å². The van der Waals surface area contributed by atoms with Gasteiger partial charge in [-0.1, -0.05) is 27.2 Å². The molecule has 2 unspecified atom stereocenters. The molecule has 0 radical (unpaired) electrons. The lowest BCUT2D eigenvalue weighted by Gasteiger charge is -2.46. The molecule has 0 aromatic rings. The number of carbonyl (C=O) groups is 1. The normalized spacial score (nSPS) is 18.8. The molecule has 0 bridgehead atoms. The number of carbonyl (C=O) groups excluding carboxylic acids is 1. The Hall–Kier alpha value is -0.780. The van der Waals surface area contributed by atoms with E-state index in [1.54, 1.807) is 27.7 Å². The van der Waals surface area contributed by atoms with E-state index in [1.165, 1.54) is 6.92 Å². The zero-order valence-electron chi connectivity index (χ0n) is 13.7. The Morgan fingerprint density at radius 1 is 1.05 bits per heavy atom. The lowest BCUT2D eigenvalue weighted by Crippen LogP contribution is -2.63. The van der Waals surface area contributed by atoms with Crippen LogP contribution < -0.4 is 0 Å². The summed E-state index contributed by atoms with van der Waals surface area (Å²) in [5.74, 6) is -0.718. The van der Waals surface area contributed by atoms with Crippen molar-refractivity contribution in [2.75, 3.05) is 0 Å². The molecule has 0 aliphatic heterocycles. The summed E-state index contributed by atoms with van der Waals surface area (Å²) in [7, 11) is 0. The topological polar surface area (TPSA) is 46.5 Å². The second kappa shape index (κ2) is 6.55. The minimum absolute atomic E-state index is 0.0540. The number of hydrogen-bond donors (Lipinski definition) is 1. The first-order valence-electron chi connectivity index (χ1n) is 7.33. The summed E-state index contributed by atoms with van der Waals surface area (Å²) in [5.41, 5.74) is -5.95. The van der Waals surface area contributed by atoms with E-state index in [-0.39, 0.29) is 12.8 Å². The van der Waals surface area contributed by atoms with Gasteiger partial charge in [0.05, 0.1) is 5.41 Å². The highest BCUT2D eigenvalue weighted by molar-refractivity contribution is 5.76. The van der Waals surface area contributed by atoms with Gasteiger partial charge in [-0.15, -0.1) is 0 Å². The maximum Gasteiger partial charge on any atom is 0.420 e. The molecule has 0 rings (SSSR count). The SMILES string of the molecule is CCCC(CC)(OC(=O)C(C)(C)CC)C(C)(O)C(F)(F)F. The van der Waals surface area contributed by atoms with Crippen LogP contribution in [-0.2, 0) is 9.53 Å². The third kappa shape index (κ3) is 3.90. The van der Waals surface area contributed by atoms with Gasteiger partial charge in [0.2, 0.25) is 0 Å². The van der Waals surface area contributed by atoms with Crippen LogP contribution in [-0.4, -0.2) is 28.5 Å². The van der Waals surface area contributed by atoms with Crippen LogP contribution >= 0.6 is 0 Å². The molecule has 1 N–H and O–H groups in total. The second-order valence-corrected chi connectivity index (χ2v) is 6.29. The minimum atomic E-state index is -4.88. The number of aliphatic hydroxyl groups is 1. The quantitative estimate of drug-likeness (QED) is 0.716. The molecule has 0 aromatic carbocycles. The molecule has 3 nitrogen and oxygen atoms in total. The smallest absolute Gasteiger partial charge is 0.420 e. The highest BCUT2D eigenvalue weighted by Gasteiger charge is 2.64. The van der Waals surface area contributed by atoms with Gasteiger partial charge in [0.25, 0.3) is 0 Å². The van der Waals surface area contributed by atoms with Crippen LogP contribution in [0.15, 0.2) is 0 Å². The van der Waals surface area contributed by atoms with Crippen LogP contribution in [0, 0.1) is 5.41 Å². The summed E-state index contributed by atoms with van der Waals surface area (Å²) in [6.45, 7) is 8.85. The van der Waals surface area contributed by atoms with Crippen molar-refractivity contribution in [1.82, 2.24) is 0 Å². The van der Waals surface area contributed by atoms with E-state index < -0.39 is 28.8 Å². The van der Waals surface area contributed by atoms with Crippen molar-refractivity contribution in [1.29, 1.82) is 0 Å². The Balaban J connectivity index is 5.73. The summed E-state index contributed by atoms with van der Waals surface area (Å²) >= 11 is 0. The molecule has 0 aromatic heterocycles. The zero-order chi connectivity index (χ0) is 17.1. The van der Waals surface area contributed by atoms with Gasteiger partial charge < -0.3 is 9.84 Å². The average molecular weight is 312 g/mol. The lowest BCUT2D eigenvalue weighted by atomic mass is 9.77. The second-order valence-electron chi connectivity index (χ2n) is 6.29. The molecule has 0 fully saturated rings. The average Bonchev–Trinajstić information content (AvgIpc) is 2.36. The van der Waals surface area contributed by atoms with Gasteiger partial charge in [0.1, 0.15) is 5.60 Å². The molecule has 2 atom stereocenters. The molecule has 0 spiro atoms. The third-order valence-electron chi connectivity index (χ3n) is 4.39. The molecule has 0 aliphatic carbocycles. The molecule has 6 heteroatoms. The molecular weight excluding hydrogens is 285 g/mol. The van der Waals surface area contributed by atoms with Crippen LogP contribution in [0.5, 0.6) is 0 Å². The van der Waals surface area contributed by atoms with Crippen molar-refractivity contribution in [3.05, 3.63) is 0 Å². The molecule has 0 saturated heterocycles. The number of hydrogen-bond acceptors (Lipinski definition) is 3. The fraction of sp³-hybridized carbons (Fsp3) is 0.933. The number of ether oxygens (including phenoxy) is 1. The number of alkyl halides is 3. The van der Waals surface area contributed by atoms with Crippen molar-refractivity contribution < 1.29 is 27.8 Å². The predicted molar refractivity (Wildman–Crippen MR) is 74.8 cm³/mol. The predicted octanol–water partition coefficient (Wildman–Crippen LogP) is 4.23. The largest absolute Gasteiger partial charge is 0.455 e. The fourth-order valence-electron chi connectivity index (χ4n) is 2.11. The monoisotopic (exact) mass is 312 g/mol. The van der Waals surface area contributed by atoms with Gasteiger partial charge in [-0.25, -0.2) is 0 Å². The van der Waals surface area contributed by atoms with Gasteiger partial charge in [-0.05, 0) is 40.0 Å². The number of rotatable bonds is 7. The van der Waals surface area contributed by atoms with E-state index in [2.05, 4.69) is 0 Å². The zero-order valence-corrected chi connectivity index (χ0v) is 13.7. The molecule has 21 heavy (non-hydrogen) atoms. The van der Waals surface area contributed by atoms with Gasteiger partial charge in [0.15, 0.2) is 5.60 Å². The third-order valence-corrected chi connectivity index (χ3v) is 4.39.